The van der Waals surface area contributed by atoms with Crippen molar-refractivity contribution in [2.75, 3.05) is 0 Å². The predicted octanol–water partition coefficient (Wildman–Crippen LogP) is 0.861. The fourth-order valence-corrected chi connectivity index (χ4v) is 2.00. The van der Waals surface area contributed by atoms with Crippen molar-refractivity contribution in [3.8, 4) is 0 Å². The van der Waals surface area contributed by atoms with Crippen molar-refractivity contribution in [2.24, 2.45) is 0 Å². The summed E-state index contributed by atoms with van der Waals surface area (Å²) in [5.41, 5.74) is 4.17. The molecule has 1 aromatic rings. The molecule has 1 fully saturated rings. The van der Waals surface area contributed by atoms with Crippen molar-refractivity contribution in [1.82, 2.24) is 0 Å². The van der Waals surface area contributed by atoms with E-state index >= 15 is 0 Å². The molecule has 74 valence electrons. The van der Waals surface area contributed by atoms with Gasteiger partial charge in [-0.1, -0.05) is 17.7 Å². The average Bonchev–Trinajstić information content (AvgIpc) is 2.86. The minimum absolute atomic E-state index is 0.650. The highest BCUT2D eigenvalue weighted by Crippen LogP contribution is 2.41. The van der Waals surface area contributed by atoms with Crippen LogP contribution in [0.25, 0.3) is 0 Å². The molecule has 2 nitrogen and oxygen atoms in total. The fourth-order valence-electron chi connectivity index (χ4n) is 2.00. The quantitative estimate of drug-likeness (QED) is 0.679. The highest BCUT2D eigenvalue weighted by atomic mass is 16.4. The molecule has 0 heterocycles. The summed E-state index contributed by atoms with van der Waals surface area (Å²) in [7, 11) is -1.34. The molecule has 0 aliphatic heterocycles. The molecular formula is C11H15BO2. The van der Waals surface area contributed by atoms with Gasteiger partial charge in [0.2, 0.25) is 0 Å². The SMILES string of the molecule is Cc1cc(C)c(C2CC2)cc1B(O)O. The van der Waals surface area contributed by atoms with Gasteiger partial charge in [-0.05, 0) is 49.2 Å². The summed E-state index contributed by atoms with van der Waals surface area (Å²) in [5.74, 6) is 0.660. The van der Waals surface area contributed by atoms with Crippen LogP contribution >= 0.6 is 0 Å². The van der Waals surface area contributed by atoms with Crippen LogP contribution in [0.5, 0.6) is 0 Å². The second-order valence-electron chi connectivity index (χ2n) is 4.21. The van der Waals surface area contributed by atoms with E-state index in [9.17, 15) is 10.0 Å². The largest absolute Gasteiger partial charge is 0.488 e. The second kappa shape index (κ2) is 3.41. The highest BCUT2D eigenvalue weighted by Gasteiger charge is 2.27. The van der Waals surface area contributed by atoms with E-state index in [1.165, 1.54) is 24.0 Å². The van der Waals surface area contributed by atoms with E-state index in [0.717, 1.165) is 5.56 Å². The summed E-state index contributed by atoms with van der Waals surface area (Å²) in [6, 6.07) is 4.00. The lowest BCUT2D eigenvalue weighted by molar-refractivity contribution is 0.425. The normalized spacial score (nSPS) is 15.7. The van der Waals surface area contributed by atoms with Crippen LogP contribution in [0.4, 0.5) is 0 Å². The molecule has 14 heavy (non-hydrogen) atoms. The first-order chi connectivity index (χ1) is 6.59. The molecule has 0 atom stereocenters. The third-order valence-corrected chi connectivity index (χ3v) is 2.95. The molecule has 2 N–H and O–H groups in total. The Morgan fingerprint density at radius 3 is 2.29 bits per heavy atom. The molecule has 1 aliphatic carbocycles. The third-order valence-electron chi connectivity index (χ3n) is 2.95. The molecule has 1 aromatic carbocycles. The summed E-state index contributed by atoms with van der Waals surface area (Å²) in [6.07, 6.45) is 2.48. The van der Waals surface area contributed by atoms with E-state index in [0.29, 0.717) is 11.4 Å². The monoisotopic (exact) mass is 190 g/mol. The van der Waals surface area contributed by atoms with Gasteiger partial charge in [0.15, 0.2) is 0 Å². The van der Waals surface area contributed by atoms with Gasteiger partial charge < -0.3 is 10.0 Å². The Morgan fingerprint density at radius 1 is 1.14 bits per heavy atom. The van der Waals surface area contributed by atoms with E-state index in [-0.39, 0.29) is 0 Å². The van der Waals surface area contributed by atoms with Gasteiger partial charge in [0.25, 0.3) is 0 Å². The van der Waals surface area contributed by atoms with Gasteiger partial charge in [-0.3, -0.25) is 0 Å². The lowest BCUT2D eigenvalue weighted by Crippen LogP contribution is -2.32. The maximum Gasteiger partial charge on any atom is 0.488 e. The highest BCUT2D eigenvalue weighted by molar-refractivity contribution is 6.59. The van der Waals surface area contributed by atoms with Gasteiger partial charge in [-0.15, -0.1) is 0 Å². The Bertz CT molecular complexity index is 333. The molecule has 1 saturated carbocycles. The van der Waals surface area contributed by atoms with Gasteiger partial charge in [0.1, 0.15) is 0 Å². The van der Waals surface area contributed by atoms with Crippen molar-refractivity contribution in [3.05, 3.63) is 28.8 Å². The van der Waals surface area contributed by atoms with Crippen molar-refractivity contribution in [1.29, 1.82) is 0 Å². The van der Waals surface area contributed by atoms with E-state index in [2.05, 4.69) is 6.92 Å². The van der Waals surface area contributed by atoms with Crippen molar-refractivity contribution >= 4 is 12.6 Å². The van der Waals surface area contributed by atoms with Crippen molar-refractivity contribution < 1.29 is 10.0 Å². The molecule has 0 aromatic heterocycles. The molecule has 1 aliphatic rings. The first-order valence-electron chi connectivity index (χ1n) is 5.06. The van der Waals surface area contributed by atoms with Crippen molar-refractivity contribution in [3.63, 3.8) is 0 Å². The van der Waals surface area contributed by atoms with Crippen LogP contribution in [0.1, 0.15) is 35.4 Å². The van der Waals surface area contributed by atoms with Gasteiger partial charge in [0, 0.05) is 0 Å². The number of hydrogen-bond donors (Lipinski definition) is 2. The Labute approximate surface area is 84.7 Å². The van der Waals surface area contributed by atoms with Crippen LogP contribution in [0, 0.1) is 13.8 Å². The first kappa shape index (κ1) is 9.75. The molecule has 0 radical (unpaired) electrons. The molecular weight excluding hydrogens is 175 g/mol. The van der Waals surface area contributed by atoms with Gasteiger partial charge in [-0.25, -0.2) is 0 Å². The van der Waals surface area contributed by atoms with Gasteiger partial charge in [0.05, 0.1) is 0 Å². The van der Waals surface area contributed by atoms with Crippen LogP contribution in [0.3, 0.4) is 0 Å². The maximum atomic E-state index is 9.18. The molecule has 2 rings (SSSR count). The summed E-state index contributed by atoms with van der Waals surface area (Å²) in [6.45, 7) is 4.01. The van der Waals surface area contributed by atoms with Crippen molar-refractivity contribution in [2.45, 2.75) is 32.6 Å². The lowest BCUT2D eigenvalue weighted by atomic mass is 9.75. The third kappa shape index (κ3) is 1.70. The zero-order chi connectivity index (χ0) is 10.3. The minimum Gasteiger partial charge on any atom is -0.423 e. The van der Waals surface area contributed by atoms with Crippen LogP contribution in [-0.2, 0) is 0 Å². The standard InChI is InChI=1S/C11H15BO2/c1-7-5-8(2)11(12(13)14)6-10(7)9-3-4-9/h5-6,9,13-14H,3-4H2,1-2H3. The summed E-state index contributed by atoms with van der Waals surface area (Å²) >= 11 is 0. The summed E-state index contributed by atoms with van der Waals surface area (Å²) in [5, 5.41) is 18.4. The predicted molar refractivity (Wildman–Crippen MR) is 57.7 cm³/mol. The zero-order valence-corrected chi connectivity index (χ0v) is 8.62. The molecule has 0 unspecified atom stereocenters. The lowest BCUT2D eigenvalue weighted by Gasteiger charge is -2.10. The number of rotatable bonds is 2. The molecule has 0 amide bonds. The molecule has 0 spiro atoms. The Hall–Kier alpha value is -0.795. The topological polar surface area (TPSA) is 40.5 Å². The Balaban J connectivity index is 2.45. The van der Waals surface area contributed by atoms with Crippen LogP contribution < -0.4 is 5.46 Å². The van der Waals surface area contributed by atoms with Gasteiger partial charge >= 0.3 is 7.12 Å². The maximum absolute atomic E-state index is 9.18. The number of benzene rings is 1. The Morgan fingerprint density at radius 2 is 1.79 bits per heavy atom. The van der Waals surface area contributed by atoms with E-state index in [1.54, 1.807) is 0 Å². The summed E-state index contributed by atoms with van der Waals surface area (Å²) < 4.78 is 0. The summed E-state index contributed by atoms with van der Waals surface area (Å²) in [4.78, 5) is 0. The molecule has 3 heteroatoms. The molecule has 0 saturated heterocycles. The Kier molecular flexibility index (Phi) is 2.37. The van der Waals surface area contributed by atoms with Gasteiger partial charge in [-0.2, -0.15) is 0 Å². The molecule has 0 bridgehead atoms. The van der Waals surface area contributed by atoms with E-state index in [1.807, 2.05) is 19.1 Å². The number of aryl methyl sites for hydroxylation is 2. The minimum atomic E-state index is -1.34. The van der Waals surface area contributed by atoms with Crippen LogP contribution in [-0.4, -0.2) is 17.2 Å². The fraction of sp³-hybridized carbons (Fsp3) is 0.455. The van der Waals surface area contributed by atoms with E-state index in [4.69, 9.17) is 0 Å². The number of hydrogen-bond acceptors (Lipinski definition) is 2. The van der Waals surface area contributed by atoms with Crippen LogP contribution in [0.2, 0.25) is 0 Å². The van der Waals surface area contributed by atoms with Crippen LogP contribution in [0.15, 0.2) is 12.1 Å². The smallest absolute Gasteiger partial charge is 0.423 e. The second-order valence-corrected chi connectivity index (χ2v) is 4.21. The average molecular weight is 190 g/mol. The first-order valence-corrected chi connectivity index (χ1v) is 5.06. The van der Waals surface area contributed by atoms with E-state index < -0.39 is 7.12 Å². The zero-order valence-electron chi connectivity index (χ0n) is 8.62.